The van der Waals surface area contributed by atoms with Crippen molar-refractivity contribution < 1.29 is 0 Å². The van der Waals surface area contributed by atoms with Crippen LogP contribution in [0.3, 0.4) is 0 Å². The van der Waals surface area contributed by atoms with Gasteiger partial charge >= 0.3 is 0 Å². The molecule has 3 heteroatoms. The van der Waals surface area contributed by atoms with Crippen molar-refractivity contribution in [2.75, 3.05) is 5.73 Å². The van der Waals surface area contributed by atoms with Gasteiger partial charge in [0.25, 0.3) is 0 Å². The molecule has 0 amide bonds. The Hall–Kier alpha value is -1.77. The number of anilines is 1. The largest absolute Gasteiger partial charge is 0.383 e. The maximum absolute atomic E-state index is 5.84. The van der Waals surface area contributed by atoms with Crippen LogP contribution in [0.1, 0.15) is 0 Å². The zero-order valence-corrected chi connectivity index (χ0v) is 7.44. The first-order valence-electron chi connectivity index (χ1n) is 4.11. The van der Waals surface area contributed by atoms with Gasteiger partial charge in [-0.2, -0.15) is 0 Å². The summed E-state index contributed by atoms with van der Waals surface area (Å²) in [5, 5.41) is 0. The molecule has 0 saturated heterocycles. The van der Waals surface area contributed by atoms with E-state index >= 15 is 0 Å². The minimum Gasteiger partial charge on any atom is -0.383 e. The third kappa shape index (κ3) is 1.28. The minimum absolute atomic E-state index is 0.700. The smallest absolute Gasteiger partial charge is 0.131 e. The van der Waals surface area contributed by atoms with E-state index in [0.29, 0.717) is 5.82 Å². The average Bonchev–Trinajstić information content (AvgIpc) is 2.49. The highest BCUT2D eigenvalue weighted by Crippen LogP contribution is 2.22. The van der Waals surface area contributed by atoms with Gasteiger partial charge in [0.05, 0.1) is 6.33 Å². The molecule has 1 aromatic heterocycles. The van der Waals surface area contributed by atoms with Crippen LogP contribution in [-0.4, -0.2) is 9.55 Å². The van der Waals surface area contributed by atoms with Crippen LogP contribution in [0.4, 0.5) is 5.82 Å². The number of nitrogens with zero attached hydrogens (tertiary/aromatic N) is 2. The molecule has 2 aromatic rings. The van der Waals surface area contributed by atoms with E-state index in [0.717, 1.165) is 11.3 Å². The van der Waals surface area contributed by atoms with E-state index in [1.807, 2.05) is 41.9 Å². The van der Waals surface area contributed by atoms with Gasteiger partial charge in [-0.1, -0.05) is 30.3 Å². The second kappa shape index (κ2) is 2.94. The fraction of sp³-hybridized carbons (Fsp3) is 0.100. The molecule has 0 radical (unpaired) electrons. The van der Waals surface area contributed by atoms with Crippen molar-refractivity contribution in [1.29, 1.82) is 0 Å². The van der Waals surface area contributed by atoms with Crippen molar-refractivity contribution >= 4 is 5.82 Å². The molecular formula is C10H11N3. The molecule has 0 aliphatic heterocycles. The highest BCUT2D eigenvalue weighted by atomic mass is 15.1. The summed E-state index contributed by atoms with van der Waals surface area (Å²) in [4.78, 5) is 4.22. The number of benzene rings is 1. The van der Waals surface area contributed by atoms with Gasteiger partial charge in [-0.15, -0.1) is 0 Å². The predicted octanol–water partition coefficient (Wildman–Crippen LogP) is 1.67. The molecule has 0 fully saturated rings. The summed E-state index contributed by atoms with van der Waals surface area (Å²) >= 11 is 0. The minimum atomic E-state index is 0.700. The van der Waals surface area contributed by atoms with E-state index in [1.165, 1.54) is 0 Å². The summed E-state index contributed by atoms with van der Waals surface area (Å²) in [6.45, 7) is 0. The molecule has 0 saturated carbocycles. The molecule has 1 heterocycles. The normalized spacial score (nSPS) is 10.2. The SMILES string of the molecule is Cn1cnc(-c2ccccc2)c1N. The molecule has 13 heavy (non-hydrogen) atoms. The second-order valence-electron chi connectivity index (χ2n) is 2.96. The topological polar surface area (TPSA) is 43.8 Å². The Morgan fingerprint density at radius 3 is 2.46 bits per heavy atom. The third-order valence-corrected chi connectivity index (χ3v) is 2.03. The summed E-state index contributed by atoms with van der Waals surface area (Å²) in [6.07, 6.45) is 1.72. The van der Waals surface area contributed by atoms with Crippen molar-refractivity contribution in [3.8, 4) is 11.3 Å². The summed E-state index contributed by atoms with van der Waals surface area (Å²) in [5.41, 5.74) is 7.74. The first-order valence-corrected chi connectivity index (χ1v) is 4.11. The van der Waals surface area contributed by atoms with Crippen molar-refractivity contribution in [2.24, 2.45) is 7.05 Å². The summed E-state index contributed by atoms with van der Waals surface area (Å²) in [5.74, 6) is 0.700. The number of hydrogen-bond donors (Lipinski definition) is 1. The average molecular weight is 173 g/mol. The number of aromatic nitrogens is 2. The van der Waals surface area contributed by atoms with Crippen LogP contribution in [0.25, 0.3) is 11.3 Å². The van der Waals surface area contributed by atoms with E-state index in [9.17, 15) is 0 Å². The second-order valence-corrected chi connectivity index (χ2v) is 2.96. The lowest BCUT2D eigenvalue weighted by Crippen LogP contribution is -1.95. The fourth-order valence-electron chi connectivity index (χ4n) is 1.26. The quantitative estimate of drug-likeness (QED) is 0.712. The predicted molar refractivity (Wildman–Crippen MR) is 53.1 cm³/mol. The van der Waals surface area contributed by atoms with Crippen molar-refractivity contribution in [3.63, 3.8) is 0 Å². The molecule has 0 bridgehead atoms. The standard InChI is InChI=1S/C10H11N3/c1-13-7-12-9(10(13)11)8-5-3-2-4-6-8/h2-7H,11H2,1H3. The Morgan fingerprint density at radius 1 is 1.23 bits per heavy atom. The molecular weight excluding hydrogens is 162 g/mol. The van der Waals surface area contributed by atoms with Gasteiger partial charge in [0, 0.05) is 12.6 Å². The molecule has 0 spiro atoms. The summed E-state index contributed by atoms with van der Waals surface area (Å²) < 4.78 is 1.81. The van der Waals surface area contributed by atoms with Crippen LogP contribution in [0.5, 0.6) is 0 Å². The van der Waals surface area contributed by atoms with Gasteiger partial charge in [0.15, 0.2) is 0 Å². The Labute approximate surface area is 76.8 Å². The van der Waals surface area contributed by atoms with E-state index in [4.69, 9.17) is 5.73 Å². The zero-order valence-electron chi connectivity index (χ0n) is 7.44. The zero-order chi connectivity index (χ0) is 9.26. The van der Waals surface area contributed by atoms with Gasteiger partial charge < -0.3 is 10.3 Å². The first-order chi connectivity index (χ1) is 6.29. The number of nitrogen functional groups attached to an aromatic ring is 1. The Balaban J connectivity index is 2.53. The van der Waals surface area contributed by atoms with Crippen molar-refractivity contribution in [1.82, 2.24) is 9.55 Å². The van der Waals surface area contributed by atoms with Gasteiger partial charge in [0.2, 0.25) is 0 Å². The molecule has 0 unspecified atom stereocenters. The lowest BCUT2D eigenvalue weighted by atomic mass is 10.1. The molecule has 66 valence electrons. The van der Waals surface area contributed by atoms with E-state index in [2.05, 4.69) is 4.98 Å². The van der Waals surface area contributed by atoms with Crippen molar-refractivity contribution in [2.45, 2.75) is 0 Å². The molecule has 0 aliphatic carbocycles. The Morgan fingerprint density at radius 2 is 1.92 bits per heavy atom. The summed E-state index contributed by atoms with van der Waals surface area (Å²) in [6, 6.07) is 9.92. The highest BCUT2D eigenvalue weighted by molar-refractivity contribution is 5.70. The third-order valence-electron chi connectivity index (χ3n) is 2.03. The van der Waals surface area contributed by atoms with E-state index in [1.54, 1.807) is 6.33 Å². The maximum Gasteiger partial charge on any atom is 0.131 e. The van der Waals surface area contributed by atoms with Crippen molar-refractivity contribution in [3.05, 3.63) is 36.7 Å². The Bertz CT molecular complexity index is 403. The van der Waals surface area contributed by atoms with Crippen LogP contribution in [0.2, 0.25) is 0 Å². The van der Waals surface area contributed by atoms with Crippen LogP contribution in [0, 0.1) is 0 Å². The number of imidazole rings is 1. The van der Waals surface area contributed by atoms with E-state index < -0.39 is 0 Å². The first kappa shape index (κ1) is 7.86. The molecule has 1 aromatic carbocycles. The van der Waals surface area contributed by atoms with Gasteiger partial charge in [-0.25, -0.2) is 4.98 Å². The van der Waals surface area contributed by atoms with Crippen LogP contribution >= 0.6 is 0 Å². The molecule has 2 rings (SSSR count). The van der Waals surface area contributed by atoms with Gasteiger partial charge in [0.1, 0.15) is 11.5 Å². The van der Waals surface area contributed by atoms with Gasteiger partial charge in [-0.3, -0.25) is 0 Å². The molecule has 0 aliphatic rings. The lowest BCUT2D eigenvalue weighted by Gasteiger charge is -1.98. The van der Waals surface area contributed by atoms with Gasteiger partial charge in [-0.05, 0) is 0 Å². The molecule has 0 atom stereocenters. The lowest BCUT2D eigenvalue weighted by molar-refractivity contribution is 0.925. The monoisotopic (exact) mass is 173 g/mol. The number of rotatable bonds is 1. The highest BCUT2D eigenvalue weighted by Gasteiger charge is 2.05. The number of hydrogen-bond acceptors (Lipinski definition) is 2. The van der Waals surface area contributed by atoms with E-state index in [-0.39, 0.29) is 0 Å². The Kier molecular flexibility index (Phi) is 1.77. The molecule has 3 nitrogen and oxygen atoms in total. The summed E-state index contributed by atoms with van der Waals surface area (Å²) in [7, 11) is 1.88. The van der Waals surface area contributed by atoms with Crippen LogP contribution in [-0.2, 0) is 7.05 Å². The maximum atomic E-state index is 5.84. The number of aryl methyl sites for hydroxylation is 1. The molecule has 2 N–H and O–H groups in total. The fourth-order valence-corrected chi connectivity index (χ4v) is 1.26. The number of nitrogens with two attached hydrogens (primary N) is 1. The van der Waals surface area contributed by atoms with Crippen LogP contribution in [0.15, 0.2) is 36.7 Å². The van der Waals surface area contributed by atoms with Crippen LogP contribution < -0.4 is 5.73 Å².